The third-order valence-electron chi connectivity index (χ3n) is 2.42. The summed E-state index contributed by atoms with van der Waals surface area (Å²) in [7, 11) is 1.52. The Labute approximate surface area is 113 Å². The number of ether oxygens (including phenoxy) is 3. The van der Waals surface area contributed by atoms with Gasteiger partial charge in [-0.1, -0.05) is 27.7 Å². The van der Waals surface area contributed by atoms with E-state index in [1.165, 1.54) is 14.0 Å². The van der Waals surface area contributed by atoms with Crippen molar-refractivity contribution in [1.82, 2.24) is 0 Å². The topological polar surface area (TPSA) is 93.5 Å². The Morgan fingerprint density at radius 2 is 2.41 bits per heavy atom. The van der Waals surface area contributed by atoms with Gasteiger partial charge in [0.25, 0.3) is 0 Å². The Kier molecular flexibility index (Phi) is 5.96. The normalized spacial score (nSPS) is 32.6. The smallest absolute Gasteiger partial charge is 0.303 e. The van der Waals surface area contributed by atoms with Crippen LogP contribution in [0, 0.1) is 0 Å². The molecule has 0 unspecified atom stereocenters. The van der Waals surface area contributed by atoms with Gasteiger partial charge in [0.15, 0.2) is 6.29 Å². The molecule has 0 bridgehead atoms. The predicted octanol–water partition coefficient (Wildman–Crippen LogP) is 1.79. The minimum absolute atomic E-state index is 0.325. The molecule has 0 saturated carbocycles. The molecule has 0 aromatic rings. The van der Waals surface area contributed by atoms with E-state index in [1.807, 2.05) is 0 Å². The first-order valence-corrected chi connectivity index (χ1v) is 6.60. The molecule has 17 heavy (non-hydrogen) atoms. The van der Waals surface area contributed by atoms with Crippen LogP contribution in [0.1, 0.15) is 13.3 Å². The Balaban J connectivity index is 2.85. The summed E-state index contributed by atoms with van der Waals surface area (Å²) < 4.78 is 16.5. The largest absolute Gasteiger partial charge is 0.459 e. The van der Waals surface area contributed by atoms with E-state index >= 15 is 0 Å². The molecule has 1 aliphatic heterocycles. The van der Waals surface area contributed by atoms with Crippen LogP contribution in [0.5, 0.6) is 0 Å². The quantitative estimate of drug-likeness (QED) is 0.192. The van der Waals surface area contributed by atoms with Gasteiger partial charge in [-0.2, -0.15) is 0 Å². The first-order valence-electron chi connectivity index (χ1n) is 5.08. The van der Waals surface area contributed by atoms with Gasteiger partial charge >= 0.3 is 5.97 Å². The van der Waals surface area contributed by atoms with Gasteiger partial charge in [0.2, 0.25) is 0 Å². The van der Waals surface area contributed by atoms with Crippen molar-refractivity contribution in [1.29, 1.82) is 0 Å². The highest BCUT2D eigenvalue weighted by molar-refractivity contribution is 14.1. The number of hydrogen-bond acceptors (Lipinski definition) is 5. The summed E-state index contributed by atoms with van der Waals surface area (Å²) in [6.07, 6.45) is -0.927. The van der Waals surface area contributed by atoms with Gasteiger partial charge in [-0.05, 0) is 5.53 Å². The summed E-state index contributed by atoms with van der Waals surface area (Å²) >= 11 is 2.13. The van der Waals surface area contributed by atoms with Crippen LogP contribution in [0.4, 0.5) is 0 Å². The van der Waals surface area contributed by atoms with Crippen LogP contribution in [0.3, 0.4) is 0 Å². The van der Waals surface area contributed by atoms with E-state index in [1.54, 1.807) is 0 Å². The lowest BCUT2D eigenvalue weighted by atomic mass is 10.0. The maximum Gasteiger partial charge on any atom is 0.303 e. The van der Waals surface area contributed by atoms with Crippen molar-refractivity contribution in [2.24, 2.45) is 5.11 Å². The SMILES string of the molecule is CO[C@@H]1C[C@@H](N=[N+]=[N-])[C@H](OC(C)=O)[C@@H](CI)O1. The van der Waals surface area contributed by atoms with Crippen molar-refractivity contribution in [3.63, 3.8) is 0 Å². The molecular formula is C9H14IN3O4. The molecule has 7 nitrogen and oxygen atoms in total. The molecule has 0 aliphatic carbocycles. The summed E-state index contributed by atoms with van der Waals surface area (Å²) in [4.78, 5) is 13.8. The molecule has 1 fully saturated rings. The molecule has 0 radical (unpaired) electrons. The average Bonchev–Trinajstić information content (AvgIpc) is 2.30. The van der Waals surface area contributed by atoms with Crippen molar-refractivity contribution in [2.45, 2.75) is 37.9 Å². The van der Waals surface area contributed by atoms with Crippen molar-refractivity contribution in [2.75, 3.05) is 11.5 Å². The van der Waals surface area contributed by atoms with Crippen molar-refractivity contribution in [3.8, 4) is 0 Å². The lowest BCUT2D eigenvalue weighted by molar-refractivity contribution is -0.218. The molecule has 0 aromatic carbocycles. The van der Waals surface area contributed by atoms with E-state index in [-0.39, 0.29) is 6.10 Å². The van der Waals surface area contributed by atoms with E-state index in [2.05, 4.69) is 32.6 Å². The van der Waals surface area contributed by atoms with Crippen LogP contribution in [-0.2, 0) is 19.0 Å². The van der Waals surface area contributed by atoms with Gasteiger partial charge in [0.05, 0.1) is 6.04 Å². The minimum atomic E-state index is -0.549. The number of halogens is 1. The van der Waals surface area contributed by atoms with Crippen molar-refractivity contribution < 1.29 is 19.0 Å². The molecule has 1 rings (SSSR count). The number of esters is 1. The van der Waals surface area contributed by atoms with Gasteiger partial charge in [-0.3, -0.25) is 4.79 Å². The molecule has 0 N–H and O–H groups in total. The number of rotatable bonds is 4. The van der Waals surface area contributed by atoms with Crippen LogP contribution in [0.15, 0.2) is 5.11 Å². The van der Waals surface area contributed by atoms with Gasteiger partial charge in [-0.25, -0.2) is 0 Å². The number of alkyl halides is 1. The van der Waals surface area contributed by atoms with Gasteiger partial charge in [-0.15, -0.1) is 0 Å². The lowest BCUT2D eigenvalue weighted by Crippen LogP contribution is -2.50. The number of nitrogens with zero attached hydrogens (tertiary/aromatic N) is 3. The highest BCUT2D eigenvalue weighted by Gasteiger charge is 2.40. The van der Waals surface area contributed by atoms with Crippen molar-refractivity contribution >= 4 is 28.6 Å². The molecule has 0 amide bonds. The maximum atomic E-state index is 11.0. The van der Waals surface area contributed by atoms with Crippen LogP contribution in [0.2, 0.25) is 0 Å². The average molecular weight is 355 g/mol. The second-order valence-corrected chi connectivity index (χ2v) is 4.46. The molecule has 1 saturated heterocycles. The monoisotopic (exact) mass is 355 g/mol. The zero-order valence-corrected chi connectivity index (χ0v) is 11.7. The van der Waals surface area contributed by atoms with Gasteiger partial charge in [0.1, 0.15) is 12.2 Å². The summed E-state index contributed by atoms with van der Waals surface area (Å²) in [5.41, 5.74) is 8.52. The van der Waals surface area contributed by atoms with Crippen LogP contribution < -0.4 is 0 Å². The van der Waals surface area contributed by atoms with Crippen LogP contribution in [-0.4, -0.2) is 42.0 Å². The van der Waals surface area contributed by atoms with E-state index in [9.17, 15) is 4.79 Å². The predicted molar refractivity (Wildman–Crippen MR) is 67.7 cm³/mol. The summed E-state index contributed by atoms with van der Waals surface area (Å²) in [5.74, 6) is -0.414. The molecule has 4 atom stereocenters. The number of hydrogen-bond donors (Lipinski definition) is 0. The maximum absolute atomic E-state index is 11.0. The van der Waals surface area contributed by atoms with Crippen LogP contribution >= 0.6 is 22.6 Å². The minimum Gasteiger partial charge on any atom is -0.459 e. The molecule has 96 valence electrons. The Hall–Kier alpha value is -0.570. The molecular weight excluding hydrogens is 341 g/mol. The number of azide groups is 1. The van der Waals surface area contributed by atoms with E-state index in [0.717, 1.165) is 0 Å². The highest BCUT2D eigenvalue weighted by Crippen LogP contribution is 2.27. The molecule has 0 spiro atoms. The zero-order chi connectivity index (χ0) is 12.8. The molecule has 0 aromatic heterocycles. The summed E-state index contributed by atoms with van der Waals surface area (Å²) in [5, 5.41) is 3.65. The second-order valence-electron chi connectivity index (χ2n) is 3.58. The molecule has 1 aliphatic rings. The highest BCUT2D eigenvalue weighted by atomic mass is 127. The number of methoxy groups -OCH3 is 1. The number of carbonyl (C=O) groups is 1. The van der Waals surface area contributed by atoms with Crippen LogP contribution in [0.25, 0.3) is 10.4 Å². The Morgan fingerprint density at radius 3 is 2.88 bits per heavy atom. The summed E-state index contributed by atoms with van der Waals surface area (Å²) in [6.45, 7) is 1.32. The third kappa shape index (κ3) is 3.98. The second kappa shape index (κ2) is 7.00. The Morgan fingerprint density at radius 1 is 1.71 bits per heavy atom. The van der Waals surface area contributed by atoms with Crippen molar-refractivity contribution in [3.05, 3.63) is 10.4 Å². The number of carbonyl (C=O) groups excluding carboxylic acids is 1. The fraction of sp³-hybridized carbons (Fsp3) is 0.889. The van der Waals surface area contributed by atoms with E-state index in [4.69, 9.17) is 19.7 Å². The van der Waals surface area contributed by atoms with Gasteiger partial charge in [0, 0.05) is 29.8 Å². The third-order valence-corrected chi connectivity index (χ3v) is 3.29. The standard InChI is InChI=1S/C9H14IN3O4/c1-5(14)16-9-6(12-13-11)3-8(15-2)17-7(9)4-10/h6-9H,3-4H2,1-2H3/t6-,7-,8+,9+/m1/s1. The molecule has 1 heterocycles. The lowest BCUT2D eigenvalue weighted by Gasteiger charge is -2.38. The first-order chi connectivity index (χ1) is 8.12. The molecule has 8 heteroatoms. The van der Waals surface area contributed by atoms with E-state index in [0.29, 0.717) is 10.8 Å². The summed E-state index contributed by atoms with van der Waals surface area (Å²) in [6, 6.07) is -0.456. The van der Waals surface area contributed by atoms with Gasteiger partial charge < -0.3 is 14.2 Å². The van der Waals surface area contributed by atoms with E-state index < -0.39 is 24.4 Å². The fourth-order valence-electron chi connectivity index (χ4n) is 1.71. The Bertz CT molecular complexity index is 321. The zero-order valence-electron chi connectivity index (χ0n) is 9.58. The first kappa shape index (κ1) is 14.5. The fourth-order valence-corrected chi connectivity index (χ4v) is 2.42.